The van der Waals surface area contributed by atoms with E-state index in [2.05, 4.69) is 15.0 Å². The van der Waals surface area contributed by atoms with E-state index in [1.807, 2.05) is 31.2 Å². The summed E-state index contributed by atoms with van der Waals surface area (Å²) in [6, 6.07) is 7.56. The molecule has 1 N–H and O–H groups in total. The molecule has 0 unspecified atom stereocenters. The molecule has 0 radical (unpaired) electrons. The van der Waals surface area contributed by atoms with Crippen LogP contribution in [0.2, 0.25) is 5.02 Å². The first-order chi connectivity index (χ1) is 9.10. The van der Waals surface area contributed by atoms with Gasteiger partial charge in [0.15, 0.2) is 10.8 Å². The summed E-state index contributed by atoms with van der Waals surface area (Å²) in [4.78, 5) is 16.5. The van der Waals surface area contributed by atoms with Crippen LogP contribution in [0.5, 0.6) is 0 Å². The fraction of sp³-hybridized carbons (Fsp3) is 0.231. The highest BCUT2D eigenvalue weighted by Crippen LogP contribution is 2.23. The molecule has 1 heterocycles. The maximum absolute atomic E-state index is 11.4. The number of anilines is 1. The molecule has 0 aliphatic heterocycles. The van der Waals surface area contributed by atoms with Crippen LogP contribution in [0, 0.1) is 6.92 Å². The van der Waals surface area contributed by atoms with Crippen molar-refractivity contribution in [3.05, 3.63) is 45.4 Å². The van der Waals surface area contributed by atoms with Gasteiger partial charge in [0, 0.05) is 16.4 Å². The molecule has 0 aliphatic rings. The molecule has 0 bridgehead atoms. The van der Waals surface area contributed by atoms with E-state index in [4.69, 9.17) is 11.6 Å². The summed E-state index contributed by atoms with van der Waals surface area (Å²) in [5.74, 6) is -0.409. The smallest absolute Gasteiger partial charge is 0.357 e. The van der Waals surface area contributed by atoms with Crippen molar-refractivity contribution in [2.75, 3.05) is 12.4 Å². The van der Waals surface area contributed by atoms with E-state index in [0.29, 0.717) is 22.4 Å². The summed E-state index contributed by atoms with van der Waals surface area (Å²) >= 11 is 7.25. The first-order valence-corrected chi connectivity index (χ1v) is 6.83. The highest BCUT2D eigenvalue weighted by molar-refractivity contribution is 7.15. The average Bonchev–Trinajstić information content (AvgIpc) is 2.78. The van der Waals surface area contributed by atoms with Crippen LogP contribution >= 0.6 is 22.9 Å². The van der Waals surface area contributed by atoms with Gasteiger partial charge in [-0.3, -0.25) is 0 Å². The highest BCUT2D eigenvalue weighted by Gasteiger charge is 2.15. The van der Waals surface area contributed by atoms with Gasteiger partial charge in [-0.15, -0.1) is 11.3 Å². The maximum Gasteiger partial charge on any atom is 0.357 e. The largest absolute Gasteiger partial charge is 0.464 e. The summed E-state index contributed by atoms with van der Waals surface area (Å²) in [5, 5.41) is 4.59. The molecule has 1 aromatic heterocycles. The Labute approximate surface area is 120 Å². The molecule has 1 aromatic carbocycles. The SMILES string of the molecule is COC(=O)c1nc(NCc2ccc(Cl)cc2)sc1C. The quantitative estimate of drug-likeness (QED) is 0.877. The van der Waals surface area contributed by atoms with Crippen LogP contribution in [0.3, 0.4) is 0 Å². The molecule has 0 aliphatic carbocycles. The second kappa shape index (κ2) is 6.04. The highest BCUT2D eigenvalue weighted by atomic mass is 35.5. The van der Waals surface area contributed by atoms with Crippen LogP contribution in [0.25, 0.3) is 0 Å². The predicted octanol–water partition coefficient (Wildman–Crippen LogP) is 3.50. The van der Waals surface area contributed by atoms with Gasteiger partial charge in [0.05, 0.1) is 7.11 Å². The molecule has 4 nitrogen and oxygen atoms in total. The van der Waals surface area contributed by atoms with Gasteiger partial charge in [-0.25, -0.2) is 9.78 Å². The summed E-state index contributed by atoms with van der Waals surface area (Å²) in [6.07, 6.45) is 0. The second-order valence-corrected chi connectivity index (χ2v) is 5.54. The van der Waals surface area contributed by atoms with Crippen LogP contribution in [0.4, 0.5) is 5.13 Å². The Morgan fingerprint density at radius 3 is 2.74 bits per heavy atom. The maximum atomic E-state index is 11.4. The van der Waals surface area contributed by atoms with Crippen molar-refractivity contribution in [1.82, 2.24) is 4.98 Å². The van der Waals surface area contributed by atoms with Gasteiger partial charge >= 0.3 is 5.97 Å². The first-order valence-electron chi connectivity index (χ1n) is 5.64. The molecule has 0 amide bonds. The normalized spacial score (nSPS) is 10.3. The van der Waals surface area contributed by atoms with E-state index >= 15 is 0 Å². The number of aryl methyl sites for hydroxylation is 1. The molecule has 100 valence electrons. The van der Waals surface area contributed by atoms with E-state index in [1.165, 1.54) is 18.4 Å². The third-order valence-corrected chi connectivity index (χ3v) is 3.71. The Balaban J connectivity index is 2.04. The summed E-state index contributed by atoms with van der Waals surface area (Å²) in [7, 11) is 1.35. The molecule has 0 saturated heterocycles. The lowest BCUT2D eigenvalue weighted by molar-refractivity contribution is 0.0594. The van der Waals surface area contributed by atoms with Gasteiger partial charge in [-0.1, -0.05) is 23.7 Å². The average molecular weight is 297 g/mol. The lowest BCUT2D eigenvalue weighted by Gasteiger charge is -2.02. The number of halogens is 1. The van der Waals surface area contributed by atoms with Crippen molar-refractivity contribution in [3.63, 3.8) is 0 Å². The summed E-state index contributed by atoms with van der Waals surface area (Å²) in [6.45, 7) is 2.47. The lowest BCUT2D eigenvalue weighted by Crippen LogP contribution is -2.04. The molecule has 0 saturated carbocycles. The number of thiazole rings is 1. The van der Waals surface area contributed by atoms with Gasteiger partial charge in [0.1, 0.15) is 0 Å². The number of hydrogen-bond donors (Lipinski definition) is 1. The van der Waals surface area contributed by atoms with Gasteiger partial charge in [-0.05, 0) is 24.6 Å². The van der Waals surface area contributed by atoms with Crippen LogP contribution in [-0.4, -0.2) is 18.1 Å². The third kappa shape index (κ3) is 3.45. The molecule has 2 aromatic rings. The molecule has 19 heavy (non-hydrogen) atoms. The molecule has 0 fully saturated rings. The fourth-order valence-electron chi connectivity index (χ4n) is 1.54. The van der Waals surface area contributed by atoms with Gasteiger partial charge in [-0.2, -0.15) is 0 Å². The number of nitrogens with one attached hydrogen (secondary N) is 1. The van der Waals surface area contributed by atoms with E-state index in [1.54, 1.807) is 0 Å². The zero-order valence-corrected chi connectivity index (χ0v) is 12.1. The van der Waals surface area contributed by atoms with E-state index in [0.717, 1.165) is 10.4 Å². The Hall–Kier alpha value is -1.59. The fourth-order valence-corrected chi connectivity index (χ4v) is 2.46. The van der Waals surface area contributed by atoms with Gasteiger partial charge in [0.2, 0.25) is 0 Å². The number of carbonyl (C=O) groups excluding carboxylic acids is 1. The molecule has 0 spiro atoms. The minimum absolute atomic E-state index is 0.367. The van der Waals surface area contributed by atoms with E-state index < -0.39 is 5.97 Å². The molecule has 6 heteroatoms. The van der Waals surface area contributed by atoms with Crippen molar-refractivity contribution >= 4 is 34.0 Å². The molecular formula is C13H13ClN2O2S. The van der Waals surface area contributed by atoms with Crippen LogP contribution in [0.1, 0.15) is 20.9 Å². The second-order valence-electron chi connectivity index (χ2n) is 3.90. The van der Waals surface area contributed by atoms with Crippen molar-refractivity contribution in [2.45, 2.75) is 13.5 Å². The van der Waals surface area contributed by atoms with E-state index in [9.17, 15) is 4.79 Å². The molecule has 2 rings (SSSR count). The Kier molecular flexibility index (Phi) is 4.39. The number of ether oxygens (including phenoxy) is 1. The van der Waals surface area contributed by atoms with Crippen molar-refractivity contribution in [1.29, 1.82) is 0 Å². The number of benzene rings is 1. The number of methoxy groups -OCH3 is 1. The van der Waals surface area contributed by atoms with Crippen molar-refractivity contribution in [3.8, 4) is 0 Å². The van der Waals surface area contributed by atoms with Gasteiger partial charge < -0.3 is 10.1 Å². The Bertz CT molecular complexity index is 581. The zero-order chi connectivity index (χ0) is 13.8. The van der Waals surface area contributed by atoms with Crippen LogP contribution < -0.4 is 5.32 Å². The number of rotatable bonds is 4. The van der Waals surface area contributed by atoms with Crippen molar-refractivity contribution < 1.29 is 9.53 Å². The standard InChI is InChI=1S/C13H13ClN2O2S/c1-8-11(12(17)18-2)16-13(19-8)15-7-9-3-5-10(14)6-4-9/h3-6H,7H2,1-2H3,(H,15,16). The van der Waals surface area contributed by atoms with E-state index in [-0.39, 0.29) is 0 Å². The molecule has 0 atom stereocenters. The Morgan fingerprint density at radius 2 is 2.11 bits per heavy atom. The third-order valence-electron chi connectivity index (χ3n) is 2.53. The number of aromatic nitrogens is 1. The Morgan fingerprint density at radius 1 is 1.42 bits per heavy atom. The minimum Gasteiger partial charge on any atom is -0.464 e. The zero-order valence-electron chi connectivity index (χ0n) is 10.6. The monoisotopic (exact) mass is 296 g/mol. The number of carbonyl (C=O) groups is 1. The summed E-state index contributed by atoms with van der Waals surface area (Å²) in [5.41, 5.74) is 1.46. The first kappa shape index (κ1) is 13.8. The predicted molar refractivity (Wildman–Crippen MR) is 77.0 cm³/mol. The molecular weight excluding hydrogens is 284 g/mol. The number of hydrogen-bond acceptors (Lipinski definition) is 5. The number of esters is 1. The van der Waals surface area contributed by atoms with Crippen molar-refractivity contribution in [2.24, 2.45) is 0 Å². The number of nitrogens with zero attached hydrogens (tertiary/aromatic N) is 1. The topological polar surface area (TPSA) is 51.2 Å². The minimum atomic E-state index is -0.409. The van der Waals surface area contributed by atoms with Crippen LogP contribution in [0.15, 0.2) is 24.3 Å². The lowest BCUT2D eigenvalue weighted by atomic mass is 10.2. The van der Waals surface area contributed by atoms with Gasteiger partial charge in [0.25, 0.3) is 0 Å². The summed E-state index contributed by atoms with van der Waals surface area (Å²) < 4.78 is 4.67. The van der Waals surface area contributed by atoms with Crippen LogP contribution in [-0.2, 0) is 11.3 Å².